The molecule has 0 saturated heterocycles. The number of carbonyl (C=O) groups excluding carboxylic acids is 1. The largest absolute Gasteiger partial charge is 0.481 e. The third kappa shape index (κ3) is 1.84. The van der Waals surface area contributed by atoms with Crippen molar-refractivity contribution < 1.29 is 14.3 Å². The molecule has 2 aromatic heterocycles. The van der Waals surface area contributed by atoms with Gasteiger partial charge in [-0.15, -0.1) is 0 Å². The molecule has 2 heterocycles. The van der Waals surface area contributed by atoms with Crippen LogP contribution < -0.4 is 4.74 Å². The van der Waals surface area contributed by atoms with Crippen molar-refractivity contribution in [3.8, 4) is 5.88 Å². The van der Waals surface area contributed by atoms with Gasteiger partial charge in [0.25, 0.3) is 0 Å². The topological polar surface area (TPSA) is 53.4 Å². The minimum atomic E-state index is -0.304. The molecule has 0 N–H and O–H groups in total. The lowest BCUT2D eigenvalue weighted by Gasteiger charge is -2.04. The molecule has 2 rings (SSSR count). The molecular weight excluding hydrogens is 208 g/mol. The van der Waals surface area contributed by atoms with Gasteiger partial charge in [-0.25, -0.2) is 0 Å². The van der Waals surface area contributed by atoms with Crippen molar-refractivity contribution in [2.24, 2.45) is 0 Å². The van der Waals surface area contributed by atoms with E-state index in [-0.39, 0.29) is 12.5 Å². The zero-order chi connectivity index (χ0) is 11.5. The van der Waals surface area contributed by atoms with Gasteiger partial charge in [0.2, 0.25) is 5.88 Å². The predicted molar refractivity (Wildman–Crippen MR) is 58.3 cm³/mol. The molecule has 84 valence electrons. The predicted octanol–water partition coefficient (Wildman–Crippen LogP) is 1.22. The van der Waals surface area contributed by atoms with Gasteiger partial charge in [-0.1, -0.05) is 0 Å². The van der Waals surface area contributed by atoms with Crippen LogP contribution in [0.25, 0.3) is 11.0 Å². The second-order valence-electron chi connectivity index (χ2n) is 3.29. The Kier molecular flexibility index (Phi) is 2.76. The fourth-order valence-corrected chi connectivity index (χ4v) is 1.49. The van der Waals surface area contributed by atoms with Crippen molar-refractivity contribution in [2.75, 3.05) is 14.2 Å². The molecule has 5 heteroatoms. The molecular formula is C11H12N2O3. The van der Waals surface area contributed by atoms with Gasteiger partial charge < -0.3 is 14.0 Å². The van der Waals surface area contributed by atoms with Crippen LogP contribution in [0, 0.1) is 0 Å². The third-order valence-corrected chi connectivity index (χ3v) is 2.32. The summed E-state index contributed by atoms with van der Waals surface area (Å²) in [6, 6.07) is 5.57. The molecule has 0 aliphatic carbocycles. The number of pyridine rings is 1. The number of methoxy groups -OCH3 is 2. The third-order valence-electron chi connectivity index (χ3n) is 2.32. The molecule has 16 heavy (non-hydrogen) atoms. The van der Waals surface area contributed by atoms with Gasteiger partial charge in [0.05, 0.1) is 14.2 Å². The standard InChI is InChI=1S/C11H12N2O3/c1-15-9-4-3-8-5-6-13(11(8)12-9)7-10(14)16-2/h3-6H,7H2,1-2H3. The van der Waals surface area contributed by atoms with E-state index in [0.29, 0.717) is 11.5 Å². The number of aromatic nitrogens is 2. The lowest BCUT2D eigenvalue weighted by atomic mass is 10.3. The molecule has 0 fully saturated rings. The van der Waals surface area contributed by atoms with Crippen LogP contribution in [-0.2, 0) is 16.1 Å². The Balaban J connectivity index is 2.41. The summed E-state index contributed by atoms with van der Waals surface area (Å²) in [5.74, 6) is 0.222. The minimum Gasteiger partial charge on any atom is -0.481 e. The van der Waals surface area contributed by atoms with Crippen LogP contribution in [-0.4, -0.2) is 29.7 Å². The average Bonchev–Trinajstić information content (AvgIpc) is 2.71. The fraction of sp³-hybridized carbons (Fsp3) is 0.273. The van der Waals surface area contributed by atoms with E-state index in [1.54, 1.807) is 23.9 Å². The Labute approximate surface area is 92.6 Å². The van der Waals surface area contributed by atoms with Crippen LogP contribution >= 0.6 is 0 Å². The van der Waals surface area contributed by atoms with Gasteiger partial charge in [-0.3, -0.25) is 4.79 Å². The summed E-state index contributed by atoms with van der Waals surface area (Å²) in [5, 5.41) is 0.963. The van der Waals surface area contributed by atoms with Crippen molar-refractivity contribution in [1.82, 2.24) is 9.55 Å². The highest BCUT2D eigenvalue weighted by molar-refractivity contribution is 5.79. The summed E-state index contributed by atoms with van der Waals surface area (Å²) in [6.45, 7) is 0.153. The van der Waals surface area contributed by atoms with Crippen molar-refractivity contribution in [3.63, 3.8) is 0 Å². The molecule has 0 aliphatic rings. The quantitative estimate of drug-likeness (QED) is 0.730. The molecule has 2 aromatic rings. The van der Waals surface area contributed by atoms with E-state index >= 15 is 0 Å². The van der Waals surface area contributed by atoms with Crippen LogP contribution in [0.1, 0.15) is 0 Å². The second-order valence-corrected chi connectivity index (χ2v) is 3.29. The summed E-state index contributed by atoms with van der Waals surface area (Å²) in [4.78, 5) is 15.4. The summed E-state index contributed by atoms with van der Waals surface area (Å²) < 4.78 is 11.4. The van der Waals surface area contributed by atoms with E-state index in [1.165, 1.54) is 7.11 Å². The van der Waals surface area contributed by atoms with E-state index in [0.717, 1.165) is 5.39 Å². The Hall–Kier alpha value is -2.04. The maximum absolute atomic E-state index is 11.2. The molecule has 0 spiro atoms. The number of esters is 1. The zero-order valence-corrected chi connectivity index (χ0v) is 9.14. The Morgan fingerprint density at radius 3 is 2.88 bits per heavy atom. The van der Waals surface area contributed by atoms with Gasteiger partial charge >= 0.3 is 5.97 Å². The molecule has 0 aromatic carbocycles. The number of hydrogen-bond donors (Lipinski definition) is 0. The van der Waals surface area contributed by atoms with Crippen molar-refractivity contribution >= 4 is 17.0 Å². The Morgan fingerprint density at radius 2 is 2.19 bits per heavy atom. The molecule has 0 aliphatic heterocycles. The van der Waals surface area contributed by atoms with Crippen LogP contribution in [0.15, 0.2) is 24.4 Å². The number of fused-ring (bicyclic) bond motifs is 1. The second kappa shape index (κ2) is 4.22. The first-order valence-corrected chi connectivity index (χ1v) is 4.81. The molecule has 0 unspecified atom stereocenters. The van der Waals surface area contributed by atoms with Gasteiger partial charge in [0.15, 0.2) is 0 Å². The van der Waals surface area contributed by atoms with Crippen molar-refractivity contribution in [3.05, 3.63) is 24.4 Å². The van der Waals surface area contributed by atoms with Crippen LogP contribution in [0.3, 0.4) is 0 Å². The lowest BCUT2D eigenvalue weighted by Crippen LogP contribution is -2.10. The van der Waals surface area contributed by atoms with Crippen molar-refractivity contribution in [2.45, 2.75) is 6.54 Å². The van der Waals surface area contributed by atoms with Gasteiger partial charge in [-0.2, -0.15) is 4.98 Å². The number of carbonyl (C=O) groups is 1. The summed E-state index contributed by atoms with van der Waals surface area (Å²) in [6.07, 6.45) is 1.80. The summed E-state index contributed by atoms with van der Waals surface area (Å²) in [7, 11) is 2.92. The van der Waals surface area contributed by atoms with E-state index in [2.05, 4.69) is 9.72 Å². The fourth-order valence-electron chi connectivity index (χ4n) is 1.49. The first kappa shape index (κ1) is 10.5. The summed E-state index contributed by atoms with van der Waals surface area (Å²) >= 11 is 0. The van der Waals surface area contributed by atoms with Crippen molar-refractivity contribution in [1.29, 1.82) is 0 Å². The average molecular weight is 220 g/mol. The van der Waals surface area contributed by atoms with Gasteiger partial charge in [0.1, 0.15) is 12.2 Å². The first-order chi connectivity index (χ1) is 7.74. The molecule has 0 amide bonds. The maximum atomic E-state index is 11.2. The normalized spacial score (nSPS) is 10.4. The number of nitrogens with zero attached hydrogens (tertiary/aromatic N) is 2. The van der Waals surface area contributed by atoms with Crippen LogP contribution in [0.2, 0.25) is 0 Å². The van der Waals surface area contributed by atoms with Crippen LogP contribution in [0.4, 0.5) is 0 Å². The minimum absolute atomic E-state index is 0.153. The maximum Gasteiger partial charge on any atom is 0.325 e. The molecule has 0 atom stereocenters. The highest BCUT2D eigenvalue weighted by atomic mass is 16.5. The van der Waals surface area contributed by atoms with Gasteiger partial charge in [0, 0.05) is 17.6 Å². The molecule has 0 saturated carbocycles. The zero-order valence-electron chi connectivity index (χ0n) is 9.14. The smallest absolute Gasteiger partial charge is 0.325 e. The SMILES string of the molecule is COC(=O)Cn1ccc2ccc(OC)nc21. The Morgan fingerprint density at radius 1 is 1.38 bits per heavy atom. The Bertz CT molecular complexity index is 519. The van der Waals surface area contributed by atoms with Gasteiger partial charge in [-0.05, 0) is 12.1 Å². The highest BCUT2D eigenvalue weighted by Gasteiger charge is 2.07. The summed E-state index contributed by atoms with van der Waals surface area (Å²) in [5.41, 5.74) is 0.713. The van der Waals surface area contributed by atoms with E-state index in [9.17, 15) is 4.79 Å². The highest BCUT2D eigenvalue weighted by Crippen LogP contribution is 2.17. The van der Waals surface area contributed by atoms with E-state index in [4.69, 9.17) is 4.74 Å². The molecule has 0 radical (unpaired) electrons. The van der Waals surface area contributed by atoms with E-state index in [1.807, 2.05) is 12.1 Å². The molecule has 5 nitrogen and oxygen atoms in total. The molecule has 0 bridgehead atoms. The lowest BCUT2D eigenvalue weighted by molar-refractivity contribution is -0.141. The monoisotopic (exact) mass is 220 g/mol. The number of rotatable bonds is 3. The number of hydrogen-bond acceptors (Lipinski definition) is 4. The van der Waals surface area contributed by atoms with Crippen LogP contribution in [0.5, 0.6) is 5.88 Å². The first-order valence-electron chi connectivity index (χ1n) is 4.81. The van der Waals surface area contributed by atoms with E-state index < -0.39 is 0 Å². The number of ether oxygens (including phenoxy) is 2.